The Hall–Kier alpha value is -1.37. The second-order valence-corrected chi connectivity index (χ2v) is 5.44. The monoisotopic (exact) mass is 302 g/mol. The SMILES string of the molecule is CCNC(=NCC(F)F)N1CCN(c2cccs2)CC1. The molecule has 0 aromatic carbocycles. The van der Waals surface area contributed by atoms with Gasteiger partial charge >= 0.3 is 0 Å². The zero-order chi connectivity index (χ0) is 14.4. The molecular formula is C13H20F2N4S. The van der Waals surface area contributed by atoms with E-state index in [1.54, 1.807) is 11.3 Å². The highest BCUT2D eigenvalue weighted by molar-refractivity contribution is 7.14. The Morgan fingerprint density at radius 2 is 2.15 bits per heavy atom. The molecule has 1 saturated heterocycles. The number of hydrogen-bond acceptors (Lipinski definition) is 3. The summed E-state index contributed by atoms with van der Waals surface area (Å²) in [5.41, 5.74) is 0. The van der Waals surface area contributed by atoms with Crippen LogP contribution in [-0.2, 0) is 0 Å². The molecule has 1 aliphatic rings. The van der Waals surface area contributed by atoms with Crippen molar-refractivity contribution in [2.24, 2.45) is 4.99 Å². The van der Waals surface area contributed by atoms with E-state index < -0.39 is 13.0 Å². The minimum absolute atomic E-state index is 0.437. The van der Waals surface area contributed by atoms with Gasteiger partial charge < -0.3 is 15.1 Å². The summed E-state index contributed by atoms with van der Waals surface area (Å²) in [7, 11) is 0. The van der Waals surface area contributed by atoms with Gasteiger partial charge in [0.05, 0.1) is 5.00 Å². The lowest BCUT2D eigenvalue weighted by atomic mass is 10.3. The van der Waals surface area contributed by atoms with Gasteiger partial charge in [-0.15, -0.1) is 11.3 Å². The number of anilines is 1. The van der Waals surface area contributed by atoms with Crippen LogP contribution in [0.5, 0.6) is 0 Å². The van der Waals surface area contributed by atoms with Crippen LogP contribution >= 0.6 is 11.3 Å². The summed E-state index contributed by atoms with van der Waals surface area (Å²) in [6, 6.07) is 4.15. The number of piperazine rings is 1. The maximum Gasteiger partial charge on any atom is 0.257 e. The van der Waals surface area contributed by atoms with E-state index in [2.05, 4.69) is 31.6 Å². The minimum Gasteiger partial charge on any atom is -0.360 e. The van der Waals surface area contributed by atoms with Gasteiger partial charge in [0.25, 0.3) is 6.43 Å². The molecule has 0 bridgehead atoms. The van der Waals surface area contributed by atoms with Crippen molar-refractivity contribution in [3.05, 3.63) is 17.5 Å². The Bertz CT molecular complexity index is 414. The molecule has 1 aromatic heterocycles. The standard InChI is InChI=1S/C13H20F2N4S/c1-2-16-13(17-10-11(14)15)19-7-5-18(6-8-19)12-4-3-9-20-12/h3-4,9,11H,2,5-8,10H2,1H3,(H,16,17). The number of nitrogens with zero attached hydrogens (tertiary/aromatic N) is 3. The van der Waals surface area contributed by atoms with Gasteiger partial charge in [-0.25, -0.2) is 13.8 Å². The normalized spacial score (nSPS) is 16.9. The number of nitrogens with one attached hydrogen (secondary N) is 1. The Morgan fingerprint density at radius 3 is 2.70 bits per heavy atom. The van der Waals surface area contributed by atoms with Crippen LogP contribution in [0.15, 0.2) is 22.5 Å². The molecule has 7 heteroatoms. The molecule has 20 heavy (non-hydrogen) atoms. The number of aliphatic imine (C=N–C) groups is 1. The zero-order valence-corrected chi connectivity index (χ0v) is 12.4. The third kappa shape index (κ3) is 4.06. The quantitative estimate of drug-likeness (QED) is 0.682. The average Bonchev–Trinajstić information content (AvgIpc) is 2.97. The van der Waals surface area contributed by atoms with E-state index in [1.165, 1.54) is 5.00 Å². The summed E-state index contributed by atoms with van der Waals surface area (Å²) in [5.74, 6) is 0.596. The molecule has 1 N–H and O–H groups in total. The topological polar surface area (TPSA) is 30.9 Å². The second-order valence-electron chi connectivity index (χ2n) is 4.51. The molecule has 1 fully saturated rings. The number of thiophene rings is 1. The van der Waals surface area contributed by atoms with Crippen molar-refractivity contribution in [3.8, 4) is 0 Å². The molecule has 4 nitrogen and oxygen atoms in total. The van der Waals surface area contributed by atoms with Gasteiger partial charge in [-0.05, 0) is 24.4 Å². The number of alkyl halides is 2. The molecule has 0 unspecified atom stereocenters. The zero-order valence-electron chi connectivity index (χ0n) is 11.6. The van der Waals surface area contributed by atoms with Crippen molar-refractivity contribution in [2.75, 3.05) is 44.2 Å². The van der Waals surface area contributed by atoms with Crippen molar-refractivity contribution < 1.29 is 8.78 Å². The smallest absolute Gasteiger partial charge is 0.257 e. The summed E-state index contributed by atoms with van der Waals surface area (Å²) in [6.45, 7) is 5.57. The molecule has 0 atom stereocenters. The lowest BCUT2D eigenvalue weighted by Crippen LogP contribution is -2.52. The Balaban J connectivity index is 1.91. The van der Waals surface area contributed by atoms with Gasteiger partial charge in [-0.2, -0.15) is 0 Å². The first-order valence-corrected chi connectivity index (χ1v) is 7.68. The first kappa shape index (κ1) is 15.0. The highest BCUT2D eigenvalue weighted by Crippen LogP contribution is 2.22. The van der Waals surface area contributed by atoms with Crippen LogP contribution in [0.1, 0.15) is 6.92 Å². The van der Waals surface area contributed by atoms with Crippen LogP contribution in [0, 0.1) is 0 Å². The van der Waals surface area contributed by atoms with E-state index in [4.69, 9.17) is 0 Å². The molecule has 2 heterocycles. The van der Waals surface area contributed by atoms with Crippen molar-refractivity contribution in [1.29, 1.82) is 0 Å². The van der Waals surface area contributed by atoms with E-state index in [1.807, 2.05) is 13.0 Å². The predicted molar refractivity (Wildman–Crippen MR) is 80.1 cm³/mol. The molecule has 2 rings (SSSR count). The number of halogens is 2. The van der Waals surface area contributed by atoms with Gasteiger partial charge in [-0.3, -0.25) is 0 Å². The van der Waals surface area contributed by atoms with Crippen LogP contribution in [0.25, 0.3) is 0 Å². The average molecular weight is 302 g/mol. The fraction of sp³-hybridized carbons (Fsp3) is 0.615. The molecule has 0 aliphatic carbocycles. The third-order valence-electron chi connectivity index (χ3n) is 3.11. The molecule has 1 aromatic rings. The number of guanidine groups is 1. The van der Waals surface area contributed by atoms with E-state index in [0.29, 0.717) is 12.5 Å². The number of rotatable bonds is 4. The molecular weight excluding hydrogens is 282 g/mol. The van der Waals surface area contributed by atoms with E-state index in [0.717, 1.165) is 26.2 Å². The lowest BCUT2D eigenvalue weighted by Gasteiger charge is -2.37. The summed E-state index contributed by atoms with van der Waals surface area (Å²) >= 11 is 1.73. The Kier molecular flexibility index (Phi) is 5.58. The van der Waals surface area contributed by atoms with Gasteiger partial charge in [0.2, 0.25) is 0 Å². The van der Waals surface area contributed by atoms with Crippen LogP contribution in [-0.4, -0.2) is 56.6 Å². The summed E-state index contributed by atoms with van der Waals surface area (Å²) in [5, 5.41) is 6.41. The molecule has 0 spiro atoms. The second kappa shape index (κ2) is 7.42. The van der Waals surface area contributed by atoms with Crippen LogP contribution in [0.3, 0.4) is 0 Å². The largest absolute Gasteiger partial charge is 0.360 e. The lowest BCUT2D eigenvalue weighted by molar-refractivity contribution is 0.158. The van der Waals surface area contributed by atoms with Gasteiger partial charge in [-0.1, -0.05) is 0 Å². The van der Waals surface area contributed by atoms with Crippen LogP contribution < -0.4 is 10.2 Å². The maximum atomic E-state index is 12.3. The number of hydrogen-bond donors (Lipinski definition) is 1. The summed E-state index contributed by atoms with van der Waals surface area (Å²) in [4.78, 5) is 8.36. The first-order valence-electron chi connectivity index (χ1n) is 6.80. The molecule has 1 aliphatic heterocycles. The molecule has 0 amide bonds. The summed E-state index contributed by atoms with van der Waals surface area (Å²) < 4.78 is 24.6. The molecule has 0 radical (unpaired) electrons. The van der Waals surface area contributed by atoms with Gasteiger partial charge in [0, 0.05) is 32.7 Å². The Morgan fingerprint density at radius 1 is 1.40 bits per heavy atom. The maximum absolute atomic E-state index is 12.3. The van der Waals surface area contributed by atoms with Crippen LogP contribution in [0.4, 0.5) is 13.8 Å². The summed E-state index contributed by atoms with van der Waals surface area (Å²) in [6.07, 6.45) is -2.39. The van der Waals surface area contributed by atoms with Gasteiger partial charge in [0.1, 0.15) is 6.54 Å². The predicted octanol–water partition coefficient (Wildman–Crippen LogP) is 2.10. The Labute approximate surface area is 122 Å². The highest BCUT2D eigenvalue weighted by atomic mass is 32.1. The van der Waals surface area contributed by atoms with Crippen LogP contribution in [0.2, 0.25) is 0 Å². The van der Waals surface area contributed by atoms with Crippen molar-refractivity contribution in [2.45, 2.75) is 13.3 Å². The fourth-order valence-corrected chi connectivity index (χ4v) is 2.96. The minimum atomic E-state index is -2.39. The molecule has 112 valence electrons. The fourth-order valence-electron chi connectivity index (χ4n) is 2.17. The first-order chi connectivity index (χ1) is 9.70. The van der Waals surface area contributed by atoms with Crippen molar-refractivity contribution in [1.82, 2.24) is 10.2 Å². The van der Waals surface area contributed by atoms with Crippen molar-refractivity contribution >= 4 is 22.3 Å². The van der Waals surface area contributed by atoms with Gasteiger partial charge in [0.15, 0.2) is 5.96 Å². The molecule has 0 saturated carbocycles. The third-order valence-corrected chi connectivity index (χ3v) is 4.04. The van der Waals surface area contributed by atoms with E-state index in [9.17, 15) is 8.78 Å². The van der Waals surface area contributed by atoms with E-state index in [-0.39, 0.29) is 0 Å². The highest BCUT2D eigenvalue weighted by Gasteiger charge is 2.20. The van der Waals surface area contributed by atoms with E-state index >= 15 is 0 Å². The van der Waals surface area contributed by atoms with Crippen molar-refractivity contribution in [3.63, 3.8) is 0 Å².